The van der Waals surface area contributed by atoms with Gasteiger partial charge in [0.2, 0.25) is 23.1 Å². The number of hydrogen-bond donors (Lipinski definition) is 1. The first kappa shape index (κ1) is 20.9. The highest BCUT2D eigenvalue weighted by atomic mass is 16.5. The van der Waals surface area contributed by atoms with Crippen LogP contribution in [-0.2, 0) is 19.1 Å². The molecule has 1 unspecified atom stereocenters. The van der Waals surface area contributed by atoms with Crippen molar-refractivity contribution in [3.05, 3.63) is 58.6 Å². The predicted octanol–water partition coefficient (Wildman–Crippen LogP) is 3.69. The molecule has 0 spiro atoms. The van der Waals surface area contributed by atoms with E-state index >= 15 is 0 Å². The van der Waals surface area contributed by atoms with Crippen molar-refractivity contribution in [2.75, 3.05) is 20.8 Å². The molecule has 1 aromatic carbocycles. The molecule has 0 heterocycles. The van der Waals surface area contributed by atoms with Gasteiger partial charge in [-0.3, -0.25) is 9.59 Å². The van der Waals surface area contributed by atoms with Crippen molar-refractivity contribution >= 4 is 11.6 Å². The summed E-state index contributed by atoms with van der Waals surface area (Å²) in [6, 6.07) is 9.77. The Balaban J connectivity index is 2.37. The van der Waals surface area contributed by atoms with Crippen LogP contribution in [0.25, 0.3) is 0 Å². The van der Waals surface area contributed by atoms with E-state index in [-0.39, 0.29) is 35.6 Å². The number of hydrogen-bond acceptors (Lipinski definition) is 5. The molecule has 0 aromatic heterocycles. The summed E-state index contributed by atoms with van der Waals surface area (Å²) in [5.41, 5.74) is 1.92. The van der Waals surface area contributed by atoms with E-state index in [1.165, 1.54) is 14.2 Å². The van der Waals surface area contributed by atoms with Gasteiger partial charge in [0, 0.05) is 23.7 Å². The number of Topliss-reactive ketones (excluding diaryl/α,β-unsaturated/α-hetero) is 2. The van der Waals surface area contributed by atoms with Crippen LogP contribution in [0, 0.1) is 0 Å². The average molecular weight is 372 g/mol. The van der Waals surface area contributed by atoms with Gasteiger partial charge in [-0.25, -0.2) is 0 Å². The smallest absolute Gasteiger partial charge is 0.228 e. The number of benzene rings is 1. The fourth-order valence-electron chi connectivity index (χ4n) is 3.56. The third-order valence-electron chi connectivity index (χ3n) is 4.97. The summed E-state index contributed by atoms with van der Waals surface area (Å²) in [6.45, 7) is 1.88. The minimum Gasteiger partial charge on any atom is -0.489 e. The van der Waals surface area contributed by atoms with Gasteiger partial charge in [0.1, 0.15) is 0 Å². The maximum atomic E-state index is 13.1. The zero-order valence-corrected chi connectivity index (χ0v) is 16.3. The Kier molecular flexibility index (Phi) is 7.80. The number of rotatable bonds is 10. The van der Waals surface area contributed by atoms with Crippen molar-refractivity contribution < 1.29 is 24.2 Å². The van der Waals surface area contributed by atoms with Crippen molar-refractivity contribution in [3.63, 3.8) is 0 Å². The van der Waals surface area contributed by atoms with Crippen LogP contribution in [0.15, 0.2) is 53.0 Å². The van der Waals surface area contributed by atoms with Crippen molar-refractivity contribution in [1.29, 1.82) is 0 Å². The first-order valence-electron chi connectivity index (χ1n) is 9.35. The quantitative estimate of drug-likeness (QED) is 0.501. The van der Waals surface area contributed by atoms with E-state index in [9.17, 15) is 9.59 Å². The molecule has 5 nitrogen and oxygen atoms in total. The van der Waals surface area contributed by atoms with E-state index in [4.69, 9.17) is 14.6 Å². The first-order valence-corrected chi connectivity index (χ1v) is 9.35. The second-order valence-electron chi connectivity index (χ2n) is 6.65. The maximum Gasteiger partial charge on any atom is 0.228 e. The Bertz CT molecular complexity index is 730. The molecule has 5 heteroatoms. The molecular weight excluding hydrogens is 344 g/mol. The molecule has 1 aromatic rings. The molecular formula is C22H28O5. The highest BCUT2D eigenvalue weighted by Crippen LogP contribution is 2.38. The Morgan fingerprint density at radius 2 is 1.48 bits per heavy atom. The molecule has 0 fully saturated rings. The molecule has 1 aliphatic rings. The lowest BCUT2D eigenvalue weighted by Crippen LogP contribution is -2.28. The topological polar surface area (TPSA) is 72.8 Å². The molecule has 0 bridgehead atoms. The van der Waals surface area contributed by atoms with Gasteiger partial charge < -0.3 is 14.6 Å². The minimum atomic E-state index is -0.301. The highest BCUT2D eigenvalue weighted by molar-refractivity contribution is 6.23. The molecule has 0 aliphatic heterocycles. The number of allylic oxidation sites excluding steroid dienone is 2. The highest BCUT2D eigenvalue weighted by Gasteiger charge is 2.38. The van der Waals surface area contributed by atoms with Crippen LogP contribution < -0.4 is 0 Å². The van der Waals surface area contributed by atoms with Crippen LogP contribution in [0.3, 0.4) is 0 Å². The summed E-state index contributed by atoms with van der Waals surface area (Å²) >= 11 is 0. The lowest BCUT2D eigenvalue weighted by atomic mass is 9.78. The van der Waals surface area contributed by atoms with Gasteiger partial charge in [0.05, 0.1) is 14.2 Å². The second-order valence-corrected chi connectivity index (χ2v) is 6.65. The number of carbonyl (C=O) groups excluding carboxylic acids is 2. The Morgan fingerprint density at radius 3 is 2.07 bits per heavy atom. The van der Waals surface area contributed by atoms with Crippen LogP contribution in [-0.4, -0.2) is 37.5 Å². The van der Waals surface area contributed by atoms with Gasteiger partial charge in [0.15, 0.2) is 0 Å². The number of aliphatic hydroxyl groups is 1. The summed E-state index contributed by atoms with van der Waals surface area (Å²) in [5.74, 6) is -0.816. The molecule has 1 atom stereocenters. The van der Waals surface area contributed by atoms with Crippen molar-refractivity contribution in [2.24, 2.45) is 0 Å². The van der Waals surface area contributed by atoms with Crippen LogP contribution >= 0.6 is 0 Å². The van der Waals surface area contributed by atoms with E-state index in [0.29, 0.717) is 11.1 Å². The number of methoxy groups -OCH3 is 2. The monoisotopic (exact) mass is 372 g/mol. The lowest BCUT2D eigenvalue weighted by molar-refractivity contribution is -0.121. The molecule has 0 amide bonds. The number of ketones is 2. The lowest BCUT2D eigenvalue weighted by Gasteiger charge is -2.26. The van der Waals surface area contributed by atoms with E-state index in [0.717, 1.165) is 37.7 Å². The Labute approximate surface area is 160 Å². The number of carbonyl (C=O) groups is 2. The fraction of sp³-hybridized carbons (Fsp3) is 0.455. The SMILES string of the molecule is COC1=C(OC)C(=O)C(C(CCCCCCO)c2ccccc2)=C(C)C1=O. The van der Waals surface area contributed by atoms with E-state index in [2.05, 4.69) is 0 Å². The zero-order valence-electron chi connectivity index (χ0n) is 16.3. The normalized spacial score (nSPS) is 16.0. The molecule has 0 saturated heterocycles. The summed E-state index contributed by atoms with van der Waals surface area (Å²) in [7, 11) is 2.75. The molecule has 0 saturated carbocycles. The molecule has 1 N–H and O–H groups in total. The fourth-order valence-corrected chi connectivity index (χ4v) is 3.56. The van der Waals surface area contributed by atoms with E-state index in [1.54, 1.807) is 6.92 Å². The van der Waals surface area contributed by atoms with Crippen molar-refractivity contribution in [3.8, 4) is 0 Å². The zero-order chi connectivity index (χ0) is 19.8. The van der Waals surface area contributed by atoms with E-state index < -0.39 is 0 Å². The second kappa shape index (κ2) is 10.1. The van der Waals surface area contributed by atoms with Crippen LogP contribution in [0.5, 0.6) is 0 Å². The molecule has 0 radical (unpaired) electrons. The molecule has 2 rings (SSSR count). The van der Waals surface area contributed by atoms with Gasteiger partial charge in [0.25, 0.3) is 0 Å². The number of aliphatic hydroxyl groups excluding tert-OH is 1. The third kappa shape index (κ3) is 4.66. The Hall–Kier alpha value is -2.40. The minimum absolute atomic E-state index is 0.0238. The third-order valence-corrected chi connectivity index (χ3v) is 4.97. The van der Waals surface area contributed by atoms with Gasteiger partial charge >= 0.3 is 0 Å². The Morgan fingerprint density at radius 1 is 0.889 bits per heavy atom. The molecule has 1 aliphatic carbocycles. The van der Waals surface area contributed by atoms with Crippen molar-refractivity contribution in [2.45, 2.75) is 44.9 Å². The maximum absolute atomic E-state index is 13.1. The first-order chi connectivity index (χ1) is 13.1. The van der Waals surface area contributed by atoms with Crippen LogP contribution in [0.4, 0.5) is 0 Å². The number of ether oxygens (including phenoxy) is 2. The van der Waals surface area contributed by atoms with Crippen LogP contribution in [0.1, 0.15) is 50.5 Å². The van der Waals surface area contributed by atoms with Gasteiger partial charge in [-0.1, -0.05) is 49.6 Å². The predicted molar refractivity (Wildman–Crippen MR) is 103 cm³/mol. The molecule has 27 heavy (non-hydrogen) atoms. The van der Waals surface area contributed by atoms with Gasteiger partial charge in [-0.15, -0.1) is 0 Å². The van der Waals surface area contributed by atoms with Crippen LogP contribution in [0.2, 0.25) is 0 Å². The average Bonchev–Trinajstić information content (AvgIpc) is 2.69. The summed E-state index contributed by atoms with van der Waals surface area (Å²) in [5, 5.41) is 8.94. The largest absolute Gasteiger partial charge is 0.489 e. The molecule has 146 valence electrons. The number of unbranched alkanes of at least 4 members (excludes halogenated alkanes) is 3. The standard InChI is InChI=1S/C22H28O5/c1-15-18(20(25)22(27-3)21(26-2)19(15)24)17(13-9-4-5-10-14-23)16-11-7-6-8-12-16/h6-8,11-12,17,23H,4-5,9-10,13-14H2,1-3H3. The van der Waals surface area contributed by atoms with Crippen molar-refractivity contribution in [1.82, 2.24) is 0 Å². The summed E-state index contributed by atoms with van der Waals surface area (Å²) < 4.78 is 10.4. The van der Waals surface area contributed by atoms with Gasteiger partial charge in [-0.2, -0.15) is 0 Å². The van der Waals surface area contributed by atoms with E-state index in [1.807, 2.05) is 30.3 Å². The van der Waals surface area contributed by atoms with Gasteiger partial charge in [-0.05, 0) is 25.3 Å². The summed E-state index contributed by atoms with van der Waals surface area (Å²) in [6.07, 6.45) is 4.35. The summed E-state index contributed by atoms with van der Waals surface area (Å²) in [4.78, 5) is 25.9.